The summed E-state index contributed by atoms with van der Waals surface area (Å²) in [7, 11) is -1.23. The number of hydrogen-bond donors (Lipinski definition) is 0. The lowest BCUT2D eigenvalue weighted by Gasteiger charge is -2.34. The Morgan fingerprint density at radius 1 is 1.02 bits per heavy atom. The molecule has 1 fully saturated rings. The zero-order valence-corrected chi connectivity index (χ0v) is 27.3. The van der Waals surface area contributed by atoms with E-state index in [-0.39, 0.29) is 5.82 Å². The summed E-state index contributed by atoms with van der Waals surface area (Å²) in [6.45, 7) is 16.2. The Bertz CT molecular complexity index is 1510. The molecule has 0 unspecified atom stereocenters. The first-order valence-electron chi connectivity index (χ1n) is 15.1. The lowest BCUT2D eigenvalue weighted by Crippen LogP contribution is -2.39. The topological polar surface area (TPSA) is 56.1 Å². The fraction of sp³-hybridized carbons (Fsp3) is 0.485. The van der Waals surface area contributed by atoms with Crippen molar-refractivity contribution in [2.75, 3.05) is 26.2 Å². The number of imidazole rings is 1. The molecule has 42 heavy (non-hydrogen) atoms. The van der Waals surface area contributed by atoms with Crippen molar-refractivity contribution in [2.24, 2.45) is 11.8 Å². The molecular formula is C33H43ClFN5OSi. The van der Waals surface area contributed by atoms with Gasteiger partial charge in [-0.2, -0.15) is 0 Å². The van der Waals surface area contributed by atoms with Crippen LogP contribution in [-0.4, -0.2) is 58.7 Å². The van der Waals surface area contributed by atoms with Crippen LogP contribution in [0, 0.1) is 17.7 Å². The minimum atomic E-state index is -1.23. The van der Waals surface area contributed by atoms with Gasteiger partial charge in [0.1, 0.15) is 18.2 Å². The first kappa shape index (κ1) is 30.8. The highest BCUT2D eigenvalue weighted by atomic mass is 35.5. The van der Waals surface area contributed by atoms with Crippen LogP contribution in [0.15, 0.2) is 48.9 Å². The second-order valence-corrected chi connectivity index (χ2v) is 19.3. The van der Waals surface area contributed by atoms with Gasteiger partial charge in [-0.1, -0.05) is 45.1 Å². The summed E-state index contributed by atoms with van der Waals surface area (Å²) in [6, 6.07) is 11.6. The fourth-order valence-electron chi connectivity index (χ4n) is 5.96. The van der Waals surface area contributed by atoms with E-state index < -0.39 is 8.07 Å². The number of fused-ring (bicyclic) bond motifs is 1. The Labute approximate surface area is 255 Å². The SMILES string of the molecule is C[C@@H]1C[C@H](C)CN(CCCc2cnc3ccc(-c4c(-c5cc(Cl)ccc5F)ncn4COCC[Si](C)(C)C)nc3c2)C1. The van der Waals surface area contributed by atoms with Crippen molar-refractivity contribution < 1.29 is 9.13 Å². The summed E-state index contributed by atoms with van der Waals surface area (Å²) < 4.78 is 23.0. The third-order valence-corrected chi connectivity index (χ3v) is 9.91. The standard InChI is InChI=1S/C33H43ClFN5OSi/c1-23-15-24(2)20-39(19-23)12-6-7-25-16-31-29(36-18-25)10-11-30(38-31)33-32(27-17-26(34)8-9-28(27)35)37-21-40(33)22-41-13-14-42(3,4)5/h8-11,16-18,21,23-24H,6-7,12-15,19-20,22H2,1-5H3/t23-,24+. The second-order valence-electron chi connectivity index (χ2n) is 13.3. The van der Waals surface area contributed by atoms with Crippen LogP contribution in [0.3, 0.4) is 0 Å². The van der Waals surface area contributed by atoms with Crippen molar-refractivity contribution in [3.05, 3.63) is 65.3 Å². The highest BCUT2D eigenvalue weighted by molar-refractivity contribution is 6.76. The van der Waals surface area contributed by atoms with Crippen molar-refractivity contribution >= 4 is 30.7 Å². The van der Waals surface area contributed by atoms with Crippen molar-refractivity contribution in [1.82, 2.24) is 24.4 Å². The molecule has 0 N–H and O–H groups in total. The summed E-state index contributed by atoms with van der Waals surface area (Å²) in [5.41, 5.74) is 5.04. The van der Waals surface area contributed by atoms with Gasteiger partial charge in [0, 0.05) is 44.6 Å². The number of pyridine rings is 2. The Balaban J connectivity index is 1.41. The van der Waals surface area contributed by atoms with Crippen LogP contribution in [0.1, 0.15) is 32.3 Å². The van der Waals surface area contributed by atoms with E-state index in [0.717, 1.165) is 48.3 Å². The van der Waals surface area contributed by atoms with E-state index >= 15 is 4.39 Å². The summed E-state index contributed by atoms with van der Waals surface area (Å²) in [5, 5.41) is 0.451. The first-order valence-corrected chi connectivity index (χ1v) is 19.2. The van der Waals surface area contributed by atoms with Crippen LogP contribution < -0.4 is 0 Å². The predicted octanol–water partition coefficient (Wildman–Crippen LogP) is 8.18. The van der Waals surface area contributed by atoms with Gasteiger partial charge >= 0.3 is 0 Å². The number of aryl methyl sites for hydroxylation is 1. The summed E-state index contributed by atoms with van der Waals surface area (Å²) >= 11 is 6.27. The molecule has 1 aliphatic rings. The number of nitrogens with zero attached hydrogens (tertiary/aromatic N) is 5. The van der Waals surface area contributed by atoms with Gasteiger partial charge in [0.05, 0.1) is 28.7 Å². The van der Waals surface area contributed by atoms with E-state index in [2.05, 4.69) is 49.4 Å². The second kappa shape index (κ2) is 13.3. The van der Waals surface area contributed by atoms with Crippen LogP contribution >= 0.6 is 11.6 Å². The molecule has 0 spiro atoms. The first-order chi connectivity index (χ1) is 20.1. The Hall–Kier alpha value is -2.65. The molecule has 2 atom stereocenters. The zero-order chi connectivity index (χ0) is 29.9. The fourth-order valence-corrected chi connectivity index (χ4v) is 6.89. The third-order valence-electron chi connectivity index (χ3n) is 7.97. The largest absolute Gasteiger partial charge is 0.361 e. The van der Waals surface area contributed by atoms with Gasteiger partial charge in [-0.3, -0.25) is 4.98 Å². The molecule has 0 amide bonds. The number of likely N-dealkylation sites (tertiary alicyclic amines) is 1. The number of ether oxygens (including phenoxy) is 1. The number of halogens is 2. The normalized spacial score (nSPS) is 18.2. The molecule has 1 saturated heterocycles. The van der Waals surface area contributed by atoms with Crippen LogP contribution in [0.5, 0.6) is 0 Å². The Morgan fingerprint density at radius 3 is 2.57 bits per heavy atom. The van der Waals surface area contributed by atoms with E-state index in [1.807, 2.05) is 22.9 Å². The van der Waals surface area contributed by atoms with E-state index in [9.17, 15) is 0 Å². The zero-order valence-electron chi connectivity index (χ0n) is 25.5. The maximum Gasteiger partial charge on any atom is 0.132 e. The lowest BCUT2D eigenvalue weighted by molar-refractivity contribution is 0.0882. The Kier molecular flexibility index (Phi) is 9.77. The highest BCUT2D eigenvalue weighted by Gasteiger charge is 2.22. The molecule has 5 rings (SSSR count). The van der Waals surface area contributed by atoms with E-state index in [0.29, 0.717) is 41.0 Å². The van der Waals surface area contributed by atoms with Gasteiger partial charge in [-0.05, 0) is 85.6 Å². The lowest BCUT2D eigenvalue weighted by atomic mass is 9.92. The summed E-state index contributed by atoms with van der Waals surface area (Å²) in [6.07, 6.45) is 7.03. The Morgan fingerprint density at radius 2 is 1.81 bits per heavy atom. The highest BCUT2D eigenvalue weighted by Crippen LogP contribution is 2.34. The number of rotatable bonds is 11. The molecule has 0 aliphatic carbocycles. The van der Waals surface area contributed by atoms with Gasteiger partial charge in [-0.25, -0.2) is 14.4 Å². The van der Waals surface area contributed by atoms with Gasteiger partial charge in [0.2, 0.25) is 0 Å². The van der Waals surface area contributed by atoms with Crippen LogP contribution in [-0.2, 0) is 17.9 Å². The van der Waals surface area contributed by atoms with Crippen LogP contribution in [0.2, 0.25) is 30.7 Å². The summed E-state index contributed by atoms with van der Waals surface area (Å²) in [5.74, 6) is 1.15. The van der Waals surface area contributed by atoms with Gasteiger partial charge in [-0.15, -0.1) is 0 Å². The molecule has 3 aromatic heterocycles. The number of piperidine rings is 1. The van der Waals surface area contributed by atoms with E-state index in [4.69, 9.17) is 26.3 Å². The van der Waals surface area contributed by atoms with Gasteiger partial charge in [0.25, 0.3) is 0 Å². The molecule has 1 aliphatic heterocycles. The molecule has 9 heteroatoms. The minimum absolute atomic E-state index is 0.306. The molecule has 6 nitrogen and oxygen atoms in total. The maximum absolute atomic E-state index is 15.0. The number of benzene rings is 1. The monoisotopic (exact) mass is 607 g/mol. The van der Waals surface area contributed by atoms with Gasteiger partial charge < -0.3 is 14.2 Å². The molecule has 4 heterocycles. The molecule has 0 bridgehead atoms. The average Bonchev–Trinajstić information content (AvgIpc) is 3.34. The average molecular weight is 608 g/mol. The molecule has 0 radical (unpaired) electrons. The van der Waals surface area contributed by atoms with E-state index in [1.165, 1.54) is 31.1 Å². The molecule has 224 valence electrons. The molecular weight excluding hydrogens is 565 g/mol. The smallest absolute Gasteiger partial charge is 0.132 e. The third kappa shape index (κ3) is 7.84. The van der Waals surface area contributed by atoms with Crippen molar-refractivity contribution in [2.45, 2.75) is 65.5 Å². The molecule has 4 aromatic rings. The van der Waals surface area contributed by atoms with Gasteiger partial charge in [0.15, 0.2) is 0 Å². The predicted molar refractivity (Wildman–Crippen MR) is 173 cm³/mol. The summed E-state index contributed by atoms with van der Waals surface area (Å²) in [4.78, 5) is 17.0. The molecule has 1 aromatic carbocycles. The van der Waals surface area contributed by atoms with Crippen LogP contribution in [0.4, 0.5) is 4.39 Å². The molecule has 0 saturated carbocycles. The maximum atomic E-state index is 15.0. The minimum Gasteiger partial charge on any atom is -0.361 e. The number of hydrogen-bond acceptors (Lipinski definition) is 5. The van der Waals surface area contributed by atoms with Crippen molar-refractivity contribution in [3.8, 4) is 22.6 Å². The number of aromatic nitrogens is 4. The quantitative estimate of drug-likeness (QED) is 0.127. The van der Waals surface area contributed by atoms with E-state index in [1.54, 1.807) is 18.5 Å². The van der Waals surface area contributed by atoms with Crippen LogP contribution in [0.25, 0.3) is 33.7 Å². The van der Waals surface area contributed by atoms with Crippen molar-refractivity contribution in [1.29, 1.82) is 0 Å². The van der Waals surface area contributed by atoms with Crippen molar-refractivity contribution in [3.63, 3.8) is 0 Å².